The zero-order chi connectivity index (χ0) is 16.0. The molecule has 1 aromatic carbocycles. The minimum Gasteiger partial charge on any atom is -0.480 e. The van der Waals surface area contributed by atoms with Gasteiger partial charge >= 0.3 is 6.03 Å². The molecular formula is C14H20BrN3O3. The highest BCUT2D eigenvalue weighted by Crippen LogP contribution is 2.29. The average molecular weight is 358 g/mol. The van der Waals surface area contributed by atoms with Gasteiger partial charge in [-0.3, -0.25) is 10.1 Å². The molecule has 0 aromatic heterocycles. The van der Waals surface area contributed by atoms with E-state index in [1.54, 1.807) is 13.0 Å². The molecule has 0 aliphatic carbocycles. The van der Waals surface area contributed by atoms with Gasteiger partial charge in [-0.1, -0.05) is 28.9 Å². The Morgan fingerprint density at radius 2 is 2.05 bits per heavy atom. The van der Waals surface area contributed by atoms with Crippen molar-refractivity contribution in [1.29, 1.82) is 0 Å². The number of nitrogens with one attached hydrogen (secondary N) is 2. The summed E-state index contributed by atoms with van der Waals surface area (Å²) in [5.74, 6) is -0.00512. The number of carbonyl (C=O) groups is 2. The van der Waals surface area contributed by atoms with Gasteiger partial charge in [-0.25, -0.2) is 4.79 Å². The molecule has 1 aromatic rings. The van der Waals surface area contributed by atoms with Crippen LogP contribution in [0.2, 0.25) is 0 Å². The van der Waals surface area contributed by atoms with Crippen molar-refractivity contribution in [2.75, 3.05) is 6.54 Å². The van der Waals surface area contributed by atoms with Gasteiger partial charge in [-0.05, 0) is 32.5 Å². The molecular weight excluding hydrogens is 338 g/mol. The molecule has 0 fully saturated rings. The van der Waals surface area contributed by atoms with Crippen molar-refractivity contribution in [2.24, 2.45) is 5.73 Å². The van der Waals surface area contributed by atoms with Crippen LogP contribution in [0.1, 0.15) is 32.4 Å². The number of rotatable bonds is 6. The minimum atomic E-state index is -0.897. The molecule has 4 N–H and O–H groups in total. The van der Waals surface area contributed by atoms with Gasteiger partial charge in [0.15, 0.2) is 6.10 Å². The third-order valence-corrected chi connectivity index (χ3v) is 3.37. The van der Waals surface area contributed by atoms with E-state index in [0.717, 1.165) is 16.6 Å². The van der Waals surface area contributed by atoms with Gasteiger partial charge in [0.2, 0.25) is 0 Å². The summed E-state index contributed by atoms with van der Waals surface area (Å²) in [5, 5.41) is 5.29. The van der Waals surface area contributed by atoms with Crippen LogP contribution in [-0.2, 0) is 4.79 Å². The lowest BCUT2D eigenvalue weighted by Gasteiger charge is -2.20. The van der Waals surface area contributed by atoms with Gasteiger partial charge in [0, 0.05) is 16.1 Å². The predicted octanol–water partition coefficient (Wildman–Crippen LogP) is 2.08. The number of hydrogen-bond acceptors (Lipinski definition) is 4. The molecule has 0 bridgehead atoms. The van der Waals surface area contributed by atoms with Crippen molar-refractivity contribution in [1.82, 2.24) is 10.6 Å². The molecule has 0 saturated carbocycles. The highest BCUT2D eigenvalue weighted by molar-refractivity contribution is 9.10. The Morgan fingerprint density at radius 1 is 1.38 bits per heavy atom. The molecule has 1 rings (SSSR count). The SMILES string of the molecule is CCNC(C)c1ccc(Br)cc1OC(C)C(=O)NC(N)=O. The first kappa shape index (κ1) is 17.5. The summed E-state index contributed by atoms with van der Waals surface area (Å²) in [6, 6.07) is 4.79. The summed E-state index contributed by atoms with van der Waals surface area (Å²) in [5.41, 5.74) is 5.85. The van der Waals surface area contributed by atoms with Crippen LogP contribution >= 0.6 is 15.9 Å². The maximum atomic E-state index is 11.7. The van der Waals surface area contributed by atoms with E-state index in [1.807, 2.05) is 31.3 Å². The first-order valence-corrected chi connectivity index (χ1v) is 7.44. The van der Waals surface area contributed by atoms with Crippen molar-refractivity contribution in [2.45, 2.75) is 32.9 Å². The van der Waals surface area contributed by atoms with Gasteiger partial charge in [0.25, 0.3) is 5.91 Å². The normalized spacial score (nSPS) is 13.3. The second kappa shape index (κ2) is 7.99. The number of imide groups is 1. The Bertz CT molecular complexity index is 522. The fourth-order valence-electron chi connectivity index (χ4n) is 1.85. The third kappa shape index (κ3) is 5.35. The van der Waals surface area contributed by atoms with Gasteiger partial charge in [0.1, 0.15) is 5.75 Å². The van der Waals surface area contributed by atoms with Crippen LogP contribution in [0.15, 0.2) is 22.7 Å². The summed E-state index contributed by atoms with van der Waals surface area (Å²) in [4.78, 5) is 22.4. The molecule has 0 aliphatic heterocycles. The predicted molar refractivity (Wildman–Crippen MR) is 84.0 cm³/mol. The third-order valence-electron chi connectivity index (χ3n) is 2.87. The summed E-state index contributed by atoms with van der Waals surface area (Å²) in [6.07, 6.45) is -0.834. The Hall–Kier alpha value is -1.60. The van der Waals surface area contributed by atoms with Crippen LogP contribution < -0.4 is 21.1 Å². The lowest BCUT2D eigenvalue weighted by molar-refractivity contribution is -0.126. The Balaban J connectivity index is 2.92. The van der Waals surface area contributed by atoms with Crippen LogP contribution in [0.3, 0.4) is 0 Å². The van der Waals surface area contributed by atoms with E-state index in [-0.39, 0.29) is 6.04 Å². The van der Waals surface area contributed by atoms with E-state index in [2.05, 4.69) is 21.2 Å². The van der Waals surface area contributed by atoms with Crippen LogP contribution in [0, 0.1) is 0 Å². The second-order valence-corrected chi connectivity index (χ2v) is 5.49. The highest BCUT2D eigenvalue weighted by Gasteiger charge is 2.19. The van der Waals surface area contributed by atoms with Crippen molar-refractivity contribution >= 4 is 27.9 Å². The first-order chi connectivity index (χ1) is 9.85. The van der Waals surface area contributed by atoms with Crippen molar-refractivity contribution in [3.63, 3.8) is 0 Å². The number of benzene rings is 1. The Labute approximate surface area is 132 Å². The lowest BCUT2D eigenvalue weighted by Crippen LogP contribution is -2.42. The number of amides is 3. The maximum Gasteiger partial charge on any atom is 0.318 e. The van der Waals surface area contributed by atoms with Crippen LogP contribution in [0.4, 0.5) is 4.79 Å². The zero-order valence-electron chi connectivity index (χ0n) is 12.3. The molecule has 0 spiro atoms. The molecule has 6 nitrogen and oxygen atoms in total. The number of hydrogen-bond donors (Lipinski definition) is 3. The van der Waals surface area contributed by atoms with Crippen molar-refractivity contribution < 1.29 is 14.3 Å². The van der Waals surface area contributed by atoms with Crippen molar-refractivity contribution in [3.05, 3.63) is 28.2 Å². The quantitative estimate of drug-likeness (QED) is 0.726. The maximum absolute atomic E-state index is 11.7. The van der Waals surface area contributed by atoms with E-state index < -0.39 is 18.0 Å². The standard InChI is InChI=1S/C14H20BrN3O3/c1-4-17-8(2)11-6-5-10(15)7-12(11)21-9(3)13(19)18-14(16)20/h5-9,17H,4H2,1-3H3,(H3,16,18,19,20). The molecule has 0 aliphatic rings. The minimum absolute atomic E-state index is 0.0736. The van der Waals surface area contributed by atoms with E-state index in [9.17, 15) is 9.59 Å². The first-order valence-electron chi connectivity index (χ1n) is 6.65. The van der Waals surface area contributed by atoms with Crippen LogP contribution in [0.5, 0.6) is 5.75 Å². The average Bonchev–Trinajstić information content (AvgIpc) is 2.38. The highest BCUT2D eigenvalue weighted by atomic mass is 79.9. The zero-order valence-corrected chi connectivity index (χ0v) is 13.9. The van der Waals surface area contributed by atoms with E-state index in [0.29, 0.717) is 5.75 Å². The Kier molecular flexibility index (Phi) is 6.64. The van der Waals surface area contributed by atoms with E-state index >= 15 is 0 Å². The topological polar surface area (TPSA) is 93.4 Å². The molecule has 0 saturated heterocycles. The van der Waals surface area contributed by atoms with Crippen LogP contribution in [-0.4, -0.2) is 24.6 Å². The number of carbonyl (C=O) groups excluding carboxylic acids is 2. The molecule has 116 valence electrons. The lowest BCUT2D eigenvalue weighted by atomic mass is 10.1. The largest absolute Gasteiger partial charge is 0.480 e. The van der Waals surface area contributed by atoms with Crippen molar-refractivity contribution in [3.8, 4) is 5.75 Å². The summed E-state index contributed by atoms with van der Waals surface area (Å²) in [6.45, 7) is 6.39. The fraction of sp³-hybridized carbons (Fsp3) is 0.429. The van der Waals surface area contributed by atoms with Gasteiger partial charge < -0.3 is 15.8 Å². The molecule has 2 atom stereocenters. The monoisotopic (exact) mass is 357 g/mol. The van der Waals surface area contributed by atoms with E-state index in [4.69, 9.17) is 10.5 Å². The number of halogens is 1. The Morgan fingerprint density at radius 3 is 2.62 bits per heavy atom. The van der Waals surface area contributed by atoms with Gasteiger partial charge in [-0.15, -0.1) is 0 Å². The molecule has 7 heteroatoms. The number of urea groups is 1. The summed E-state index contributed by atoms with van der Waals surface area (Å²) >= 11 is 3.38. The van der Waals surface area contributed by atoms with Gasteiger partial charge in [0.05, 0.1) is 0 Å². The van der Waals surface area contributed by atoms with Gasteiger partial charge in [-0.2, -0.15) is 0 Å². The van der Waals surface area contributed by atoms with Crippen LogP contribution in [0.25, 0.3) is 0 Å². The van der Waals surface area contributed by atoms with E-state index in [1.165, 1.54) is 0 Å². The number of primary amides is 1. The molecule has 0 radical (unpaired) electrons. The number of ether oxygens (including phenoxy) is 1. The fourth-order valence-corrected chi connectivity index (χ4v) is 2.19. The second-order valence-electron chi connectivity index (χ2n) is 4.58. The number of nitrogens with two attached hydrogens (primary N) is 1. The molecule has 2 unspecified atom stereocenters. The smallest absolute Gasteiger partial charge is 0.318 e. The molecule has 0 heterocycles. The summed E-state index contributed by atoms with van der Waals surface area (Å²) < 4.78 is 6.51. The molecule has 21 heavy (non-hydrogen) atoms. The summed E-state index contributed by atoms with van der Waals surface area (Å²) in [7, 11) is 0. The molecule has 3 amide bonds.